The zero-order chi connectivity index (χ0) is 15.2. The second-order valence-electron chi connectivity index (χ2n) is 6.65. The summed E-state index contributed by atoms with van der Waals surface area (Å²) < 4.78 is 23.1. The van der Waals surface area contributed by atoms with Crippen LogP contribution in [-0.2, 0) is 19.6 Å². The predicted molar refractivity (Wildman–Crippen MR) is 69.9 cm³/mol. The van der Waals surface area contributed by atoms with E-state index in [1.54, 1.807) is 0 Å². The Hall–Kier alpha value is -1.11. The summed E-state index contributed by atoms with van der Waals surface area (Å²) in [5.74, 6) is -2.50. The number of hydrogen-bond donors (Lipinski definition) is 1. The highest BCUT2D eigenvalue weighted by Crippen LogP contribution is 2.36. The third-order valence-electron chi connectivity index (χ3n) is 3.27. The third-order valence-corrected chi connectivity index (χ3v) is 5.63. The molecule has 110 valence electrons. The smallest absolute Gasteiger partial charge is 0.308 e. The largest absolute Gasteiger partial charge is 0.481 e. The molecule has 1 saturated heterocycles. The van der Waals surface area contributed by atoms with Gasteiger partial charge in [-0.3, -0.25) is 9.59 Å². The van der Waals surface area contributed by atoms with Gasteiger partial charge in [-0.25, -0.2) is 12.7 Å². The van der Waals surface area contributed by atoms with E-state index in [0.717, 1.165) is 0 Å². The number of amides is 1. The number of hydrogen-bond acceptors (Lipinski definition) is 4. The van der Waals surface area contributed by atoms with Crippen LogP contribution in [-0.4, -0.2) is 41.0 Å². The standard InChI is InChI=1S/C12H21NO5S/c1-11(2,3)6-8(9(14)15)7-13-10(16)12(4,5)19(13,17)18/h8H,6-7H2,1-5H3,(H,14,15). The van der Waals surface area contributed by atoms with Gasteiger partial charge in [-0.15, -0.1) is 0 Å². The van der Waals surface area contributed by atoms with Gasteiger partial charge >= 0.3 is 5.97 Å². The van der Waals surface area contributed by atoms with Gasteiger partial charge in [-0.2, -0.15) is 0 Å². The molecule has 1 amide bonds. The van der Waals surface area contributed by atoms with Gasteiger partial charge in [-0.05, 0) is 25.7 Å². The van der Waals surface area contributed by atoms with Crippen molar-refractivity contribution in [1.29, 1.82) is 0 Å². The van der Waals surface area contributed by atoms with Crippen LogP contribution in [0.25, 0.3) is 0 Å². The van der Waals surface area contributed by atoms with E-state index in [4.69, 9.17) is 5.11 Å². The Morgan fingerprint density at radius 1 is 1.37 bits per heavy atom. The maximum Gasteiger partial charge on any atom is 0.308 e. The van der Waals surface area contributed by atoms with Gasteiger partial charge in [0.05, 0.1) is 12.5 Å². The lowest BCUT2D eigenvalue weighted by molar-refractivity contribution is -0.144. The normalized spacial score (nSPS) is 22.8. The Bertz CT molecular complexity index is 501. The van der Waals surface area contributed by atoms with Crippen molar-refractivity contribution in [3.8, 4) is 0 Å². The van der Waals surface area contributed by atoms with Crippen molar-refractivity contribution in [2.24, 2.45) is 11.3 Å². The lowest BCUT2D eigenvalue weighted by atomic mass is 9.84. The Labute approximate surface area is 113 Å². The number of carbonyl (C=O) groups excluding carboxylic acids is 1. The van der Waals surface area contributed by atoms with Gasteiger partial charge in [-0.1, -0.05) is 20.8 Å². The summed E-state index contributed by atoms with van der Waals surface area (Å²) in [7, 11) is -3.71. The Kier molecular flexibility index (Phi) is 3.75. The van der Waals surface area contributed by atoms with Crippen molar-refractivity contribution in [2.45, 2.75) is 45.8 Å². The van der Waals surface area contributed by atoms with Crippen LogP contribution < -0.4 is 0 Å². The van der Waals surface area contributed by atoms with Crippen LogP contribution in [0.15, 0.2) is 0 Å². The number of nitrogens with zero attached hydrogens (tertiary/aromatic N) is 1. The van der Waals surface area contributed by atoms with Gasteiger partial charge in [0.2, 0.25) is 0 Å². The van der Waals surface area contributed by atoms with E-state index in [9.17, 15) is 18.0 Å². The van der Waals surface area contributed by atoms with E-state index in [-0.39, 0.29) is 12.0 Å². The first-order valence-electron chi connectivity index (χ1n) is 6.10. The summed E-state index contributed by atoms with van der Waals surface area (Å²) in [4.78, 5) is 23.0. The van der Waals surface area contributed by atoms with Crippen molar-refractivity contribution in [2.75, 3.05) is 6.54 Å². The van der Waals surface area contributed by atoms with E-state index < -0.39 is 32.6 Å². The van der Waals surface area contributed by atoms with Gasteiger partial charge in [0.25, 0.3) is 15.9 Å². The third kappa shape index (κ3) is 2.75. The zero-order valence-electron chi connectivity index (χ0n) is 11.9. The average molecular weight is 291 g/mol. The molecule has 0 aromatic carbocycles. The summed E-state index contributed by atoms with van der Waals surface area (Å²) in [5.41, 5.74) is -0.254. The Balaban J connectivity index is 2.89. The molecule has 0 saturated carbocycles. The summed E-state index contributed by atoms with van der Waals surface area (Å²) in [5, 5.41) is 9.16. The van der Waals surface area contributed by atoms with Crippen molar-refractivity contribution >= 4 is 21.9 Å². The maximum absolute atomic E-state index is 11.9. The van der Waals surface area contributed by atoms with Gasteiger partial charge in [0.15, 0.2) is 4.75 Å². The molecule has 1 N–H and O–H groups in total. The lowest BCUT2D eigenvalue weighted by Gasteiger charge is -2.44. The number of carboxylic acid groups (broad SMARTS) is 1. The summed E-state index contributed by atoms with van der Waals surface area (Å²) in [6, 6.07) is 0. The van der Waals surface area contributed by atoms with Crippen molar-refractivity contribution in [1.82, 2.24) is 4.31 Å². The van der Waals surface area contributed by atoms with Gasteiger partial charge in [0, 0.05) is 0 Å². The molecule has 19 heavy (non-hydrogen) atoms. The molecule has 0 bridgehead atoms. The second-order valence-corrected chi connectivity index (χ2v) is 9.06. The van der Waals surface area contributed by atoms with Crippen molar-refractivity contribution in [3.63, 3.8) is 0 Å². The Morgan fingerprint density at radius 3 is 2.16 bits per heavy atom. The van der Waals surface area contributed by atoms with E-state index >= 15 is 0 Å². The minimum atomic E-state index is -3.71. The van der Waals surface area contributed by atoms with Crippen LogP contribution >= 0.6 is 0 Å². The molecule has 0 radical (unpaired) electrons. The lowest BCUT2D eigenvalue weighted by Crippen LogP contribution is -2.68. The van der Waals surface area contributed by atoms with Crippen molar-refractivity contribution in [3.05, 3.63) is 0 Å². The topological polar surface area (TPSA) is 91.8 Å². The minimum absolute atomic E-state index is 0.254. The quantitative estimate of drug-likeness (QED) is 0.836. The van der Waals surface area contributed by atoms with Gasteiger partial charge < -0.3 is 5.11 Å². The first kappa shape index (κ1) is 15.9. The highest BCUT2D eigenvalue weighted by Gasteiger charge is 2.60. The van der Waals surface area contributed by atoms with E-state index in [1.165, 1.54) is 13.8 Å². The number of carboxylic acids is 1. The molecule has 1 unspecified atom stereocenters. The summed E-state index contributed by atoms with van der Waals surface area (Å²) in [6.07, 6.45) is 0.308. The molecular formula is C12H21NO5S. The maximum atomic E-state index is 11.9. The van der Waals surface area contributed by atoms with Crippen LogP contribution in [0, 0.1) is 11.3 Å². The van der Waals surface area contributed by atoms with Crippen LogP contribution in [0.2, 0.25) is 0 Å². The Morgan fingerprint density at radius 2 is 1.84 bits per heavy atom. The van der Waals surface area contributed by atoms with Crippen LogP contribution in [0.3, 0.4) is 0 Å². The van der Waals surface area contributed by atoms with E-state index in [0.29, 0.717) is 10.7 Å². The van der Waals surface area contributed by atoms with E-state index in [2.05, 4.69) is 0 Å². The molecule has 7 heteroatoms. The van der Waals surface area contributed by atoms with Crippen LogP contribution in [0.5, 0.6) is 0 Å². The SMILES string of the molecule is CC(C)(C)CC(CN1C(=O)C(C)(C)S1(=O)=O)C(=O)O. The van der Waals surface area contributed by atoms with Crippen LogP contribution in [0.1, 0.15) is 41.0 Å². The zero-order valence-corrected chi connectivity index (χ0v) is 12.7. The summed E-state index contributed by atoms with van der Waals surface area (Å²) >= 11 is 0. The van der Waals surface area contributed by atoms with Gasteiger partial charge in [0.1, 0.15) is 0 Å². The fraction of sp³-hybridized carbons (Fsp3) is 0.833. The van der Waals surface area contributed by atoms with Crippen LogP contribution in [0.4, 0.5) is 0 Å². The molecule has 0 aromatic heterocycles. The molecule has 1 heterocycles. The monoisotopic (exact) mass is 291 g/mol. The first-order chi connectivity index (χ1) is 8.30. The van der Waals surface area contributed by atoms with E-state index in [1.807, 2.05) is 20.8 Å². The average Bonchev–Trinajstić information content (AvgIpc) is 2.20. The number of sulfonamides is 1. The fourth-order valence-corrected chi connectivity index (χ4v) is 3.68. The minimum Gasteiger partial charge on any atom is -0.481 e. The molecule has 0 aromatic rings. The fourth-order valence-electron chi connectivity index (χ4n) is 2.11. The second kappa shape index (κ2) is 4.47. The molecule has 1 aliphatic rings. The number of aliphatic carboxylic acids is 1. The number of carbonyl (C=O) groups is 2. The molecule has 0 aliphatic carbocycles. The summed E-state index contributed by atoms with van der Waals surface area (Å²) in [6.45, 7) is 8.01. The molecule has 0 spiro atoms. The molecule has 1 fully saturated rings. The van der Waals surface area contributed by atoms with Crippen molar-refractivity contribution < 1.29 is 23.1 Å². The molecule has 1 atom stereocenters. The predicted octanol–water partition coefficient (Wildman–Crippen LogP) is 1.07. The molecule has 1 aliphatic heterocycles. The molecule has 6 nitrogen and oxygen atoms in total. The molecular weight excluding hydrogens is 270 g/mol. The molecule has 1 rings (SSSR count). The highest BCUT2D eigenvalue weighted by molar-refractivity contribution is 7.94. The highest BCUT2D eigenvalue weighted by atomic mass is 32.2. The number of rotatable bonds is 4. The first-order valence-corrected chi connectivity index (χ1v) is 7.54.